The molecule has 0 atom stereocenters. The van der Waals surface area contributed by atoms with Crippen LogP contribution in [0.25, 0.3) is 0 Å². The van der Waals surface area contributed by atoms with E-state index < -0.39 is 0 Å². The number of carbonyl (C=O) groups excluding carboxylic acids is 2. The number of carbonyl (C=O) groups is 2. The monoisotopic (exact) mass is 392 g/mol. The van der Waals surface area contributed by atoms with Crippen molar-refractivity contribution in [3.8, 4) is 0 Å². The van der Waals surface area contributed by atoms with Gasteiger partial charge in [0, 0.05) is 31.0 Å². The summed E-state index contributed by atoms with van der Waals surface area (Å²) >= 11 is 14.9. The van der Waals surface area contributed by atoms with E-state index >= 15 is 0 Å². The van der Waals surface area contributed by atoms with Crippen molar-refractivity contribution in [3.05, 3.63) is 66.4 Å². The SMILES string of the molecule is Cc1cc(Cl)cc2c1S/C(=C1/Sc3c(C)cc(Cl)cc3C1=O)C2=O. The van der Waals surface area contributed by atoms with Crippen LogP contribution in [-0.4, -0.2) is 11.6 Å². The van der Waals surface area contributed by atoms with Gasteiger partial charge in [-0.2, -0.15) is 0 Å². The Labute approximate surface area is 157 Å². The Hall–Kier alpha value is -1.20. The topological polar surface area (TPSA) is 34.1 Å². The molecule has 0 fully saturated rings. The smallest absolute Gasteiger partial charge is 0.202 e. The van der Waals surface area contributed by atoms with Crippen molar-refractivity contribution in [2.24, 2.45) is 0 Å². The number of aryl methyl sites for hydroxylation is 2. The minimum atomic E-state index is -0.131. The number of benzene rings is 2. The highest BCUT2D eigenvalue weighted by Crippen LogP contribution is 2.51. The Morgan fingerprint density at radius 3 is 1.46 bits per heavy atom. The number of halogens is 2. The molecule has 0 saturated heterocycles. The van der Waals surface area contributed by atoms with Crippen molar-refractivity contribution in [2.75, 3.05) is 0 Å². The first-order valence-electron chi connectivity index (χ1n) is 7.16. The summed E-state index contributed by atoms with van der Waals surface area (Å²) in [5, 5.41) is 1.06. The maximum atomic E-state index is 12.8. The molecule has 24 heavy (non-hydrogen) atoms. The van der Waals surface area contributed by atoms with Gasteiger partial charge in [-0.3, -0.25) is 9.59 Å². The predicted octanol–water partition coefficient (Wildman–Crippen LogP) is 6.10. The number of hydrogen-bond acceptors (Lipinski definition) is 4. The minimum Gasteiger partial charge on any atom is -0.288 e. The summed E-state index contributed by atoms with van der Waals surface area (Å²) < 4.78 is 0. The predicted molar refractivity (Wildman–Crippen MR) is 99.8 cm³/mol. The molecule has 4 rings (SSSR count). The van der Waals surface area contributed by atoms with E-state index in [2.05, 4.69) is 0 Å². The third-order valence-electron chi connectivity index (χ3n) is 3.99. The molecule has 6 heteroatoms. The molecule has 0 bridgehead atoms. The molecule has 0 saturated carbocycles. The summed E-state index contributed by atoms with van der Waals surface area (Å²) in [6, 6.07) is 7.01. The molecule has 2 nitrogen and oxygen atoms in total. The third-order valence-corrected chi connectivity index (χ3v) is 7.24. The summed E-state index contributed by atoms with van der Waals surface area (Å²) in [4.78, 5) is 28.3. The van der Waals surface area contributed by atoms with Gasteiger partial charge < -0.3 is 0 Å². The molecule has 0 aromatic heterocycles. The van der Waals surface area contributed by atoms with Crippen molar-refractivity contribution in [1.82, 2.24) is 0 Å². The zero-order valence-corrected chi connectivity index (χ0v) is 15.8. The third kappa shape index (κ3) is 2.36. The zero-order valence-electron chi connectivity index (χ0n) is 12.7. The van der Waals surface area contributed by atoms with Crippen molar-refractivity contribution in [3.63, 3.8) is 0 Å². The van der Waals surface area contributed by atoms with Gasteiger partial charge in [0.25, 0.3) is 0 Å². The normalized spacial score (nSPS) is 19.0. The van der Waals surface area contributed by atoms with Crippen LogP contribution in [0.3, 0.4) is 0 Å². The average molecular weight is 393 g/mol. The number of hydrogen-bond donors (Lipinski definition) is 0. The average Bonchev–Trinajstić information content (AvgIpc) is 2.99. The highest BCUT2D eigenvalue weighted by atomic mass is 35.5. The van der Waals surface area contributed by atoms with E-state index in [0.29, 0.717) is 31.0 Å². The molecule has 2 aliphatic rings. The van der Waals surface area contributed by atoms with Gasteiger partial charge in [0.1, 0.15) is 0 Å². The summed E-state index contributed by atoms with van der Waals surface area (Å²) in [5.74, 6) is -0.263. The van der Waals surface area contributed by atoms with E-state index in [1.165, 1.54) is 23.5 Å². The van der Waals surface area contributed by atoms with E-state index in [1.807, 2.05) is 26.0 Å². The van der Waals surface area contributed by atoms with Crippen molar-refractivity contribution in [1.29, 1.82) is 0 Å². The maximum Gasteiger partial charge on any atom is 0.202 e. The van der Waals surface area contributed by atoms with Crippen LogP contribution in [0.2, 0.25) is 10.0 Å². The number of ketones is 2. The van der Waals surface area contributed by atoms with Gasteiger partial charge in [0.05, 0.1) is 9.81 Å². The number of allylic oxidation sites excluding steroid dienone is 2. The quantitative estimate of drug-likeness (QED) is 0.507. The van der Waals surface area contributed by atoms with E-state index in [0.717, 1.165) is 20.9 Å². The molecule has 0 N–H and O–H groups in total. The summed E-state index contributed by atoms with van der Waals surface area (Å²) in [6.45, 7) is 3.84. The van der Waals surface area contributed by atoms with Crippen LogP contribution in [-0.2, 0) is 0 Å². The lowest BCUT2D eigenvalue weighted by Crippen LogP contribution is -2.02. The molecule has 2 aliphatic heterocycles. The van der Waals surface area contributed by atoms with Crippen LogP contribution >= 0.6 is 46.7 Å². The second kappa shape index (κ2) is 5.67. The van der Waals surface area contributed by atoms with Crippen LogP contribution in [0.4, 0.5) is 0 Å². The van der Waals surface area contributed by atoms with E-state index in [-0.39, 0.29) is 11.6 Å². The minimum absolute atomic E-state index is 0.131. The van der Waals surface area contributed by atoms with Crippen molar-refractivity contribution >= 4 is 58.3 Å². The van der Waals surface area contributed by atoms with E-state index in [1.54, 1.807) is 12.1 Å². The van der Waals surface area contributed by atoms with Gasteiger partial charge in [-0.1, -0.05) is 46.7 Å². The Kier molecular flexibility index (Phi) is 3.84. The van der Waals surface area contributed by atoms with Gasteiger partial charge in [0.15, 0.2) is 0 Å². The fourth-order valence-corrected chi connectivity index (χ4v) is 5.85. The lowest BCUT2D eigenvalue weighted by atomic mass is 10.0. The molecular weight excluding hydrogens is 383 g/mol. The van der Waals surface area contributed by atoms with Gasteiger partial charge in [-0.25, -0.2) is 0 Å². The highest BCUT2D eigenvalue weighted by molar-refractivity contribution is 8.08. The Morgan fingerprint density at radius 2 is 1.08 bits per heavy atom. The van der Waals surface area contributed by atoms with Gasteiger partial charge in [-0.05, 0) is 49.2 Å². The maximum absolute atomic E-state index is 12.8. The standard InChI is InChI=1S/C18H10Cl2O2S2/c1-7-3-9(19)5-11-13(21)17(23-15(7)11)18-14(22)12-6-10(20)4-8(2)16(12)24-18/h3-6H,1-2H3/b18-17+. The lowest BCUT2D eigenvalue weighted by Gasteiger charge is -2.01. The molecule has 0 spiro atoms. The molecule has 0 radical (unpaired) electrons. The molecule has 0 amide bonds. The van der Waals surface area contributed by atoms with Crippen LogP contribution in [0.5, 0.6) is 0 Å². The van der Waals surface area contributed by atoms with Crippen LogP contribution in [0.15, 0.2) is 43.9 Å². The highest BCUT2D eigenvalue weighted by Gasteiger charge is 2.37. The van der Waals surface area contributed by atoms with Crippen molar-refractivity contribution in [2.45, 2.75) is 23.6 Å². The molecule has 0 unspecified atom stereocenters. The molecule has 120 valence electrons. The molecule has 2 aromatic carbocycles. The molecule has 0 aliphatic carbocycles. The first-order chi connectivity index (χ1) is 11.4. The van der Waals surface area contributed by atoms with Gasteiger partial charge >= 0.3 is 0 Å². The Balaban J connectivity index is 1.86. The Bertz CT molecular complexity index is 913. The van der Waals surface area contributed by atoms with Crippen molar-refractivity contribution < 1.29 is 9.59 Å². The fourth-order valence-electron chi connectivity index (χ4n) is 2.91. The van der Waals surface area contributed by atoms with Crippen LogP contribution in [0.1, 0.15) is 31.8 Å². The first kappa shape index (κ1) is 16.3. The summed E-state index contributed by atoms with van der Waals surface area (Å²) in [5.41, 5.74) is 3.04. The van der Waals surface area contributed by atoms with Gasteiger partial charge in [0.2, 0.25) is 11.6 Å². The van der Waals surface area contributed by atoms with Gasteiger partial charge in [-0.15, -0.1) is 0 Å². The number of thioether (sulfide) groups is 2. The van der Waals surface area contributed by atoms with Crippen LogP contribution < -0.4 is 0 Å². The summed E-state index contributed by atoms with van der Waals surface area (Å²) in [6.07, 6.45) is 0. The molecule has 2 heterocycles. The lowest BCUT2D eigenvalue weighted by molar-refractivity contribution is 0.101. The second-order valence-corrected chi connectivity index (χ2v) is 8.63. The first-order valence-corrected chi connectivity index (χ1v) is 9.55. The Morgan fingerprint density at radius 1 is 0.708 bits per heavy atom. The fraction of sp³-hybridized carbons (Fsp3) is 0.111. The summed E-state index contributed by atoms with van der Waals surface area (Å²) in [7, 11) is 0. The second-order valence-electron chi connectivity index (χ2n) is 5.72. The molecular formula is C18H10Cl2O2S2. The van der Waals surface area contributed by atoms with E-state index in [9.17, 15) is 9.59 Å². The van der Waals surface area contributed by atoms with E-state index in [4.69, 9.17) is 23.2 Å². The largest absolute Gasteiger partial charge is 0.288 e. The van der Waals surface area contributed by atoms with Crippen LogP contribution in [0, 0.1) is 13.8 Å². The number of rotatable bonds is 0. The molecule has 2 aromatic rings. The zero-order chi connectivity index (χ0) is 17.2. The number of fused-ring (bicyclic) bond motifs is 2. The number of Topliss-reactive ketones (excluding diaryl/α,β-unsaturated/α-hetero) is 2.